The zero-order valence-corrected chi connectivity index (χ0v) is 18.2. The summed E-state index contributed by atoms with van der Waals surface area (Å²) in [6.07, 6.45) is 5.51. The van der Waals surface area contributed by atoms with Gasteiger partial charge in [-0.05, 0) is 51.8 Å². The van der Waals surface area contributed by atoms with E-state index >= 15 is 0 Å². The molecule has 0 spiro atoms. The van der Waals surface area contributed by atoms with Crippen molar-refractivity contribution in [2.24, 2.45) is 7.05 Å². The summed E-state index contributed by atoms with van der Waals surface area (Å²) in [7, 11) is 1.63. The van der Waals surface area contributed by atoms with Gasteiger partial charge in [-0.1, -0.05) is 0 Å². The Hall–Kier alpha value is -3.20. The molecule has 9 nitrogen and oxygen atoms in total. The van der Waals surface area contributed by atoms with Gasteiger partial charge in [0.1, 0.15) is 11.3 Å². The van der Waals surface area contributed by atoms with Crippen LogP contribution in [0.5, 0.6) is 5.88 Å². The summed E-state index contributed by atoms with van der Waals surface area (Å²) in [6, 6.07) is 5.10. The normalized spacial score (nSPS) is 19.0. The lowest BCUT2D eigenvalue weighted by molar-refractivity contribution is -0.00353. The number of rotatable bonds is 5. The molecule has 3 aromatic rings. The number of hydrogen-bond acceptors (Lipinski definition) is 6. The lowest BCUT2D eigenvalue weighted by Crippen LogP contribution is -2.26. The third-order valence-corrected chi connectivity index (χ3v) is 5.29. The highest BCUT2D eigenvalue weighted by Crippen LogP contribution is 2.27. The van der Waals surface area contributed by atoms with Crippen molar-refractivity contribution < 1.29 is 14.3 Å². The molecular weight excluding hydrogens is 398 g/mol. The third kappa shape index (κ3) is 4.46. The van der Waals surface area contributed by atoms with Crippen LogP contribution in [0.3, 0.4) is 0 Å². The van der Waals surface area contributed by atoms with Gasteiger partial charge in [0.25, 0.3) is 11.5 Å². The summed E-state index contributed by atoms with van der Waals surface area (Å²) in [5, 5.41) is 8.00. The molecule has 2 unspecified atom stereocenters. The van der Waals surface area contributed by atoms with Crippen molar-refractivity contribution in [2.75, 3.05) is 11.9 Å². The minimum absolute atomic E-state index is 0.129. The molecule has 3 aromatic heterocycles. The van der Waals surface area contributed by atoms with Crippen molar-refractivity contribution >= 4 is 22.6 Å². The van der Waals surface area contributed by atoms with E-state index in [0.717, 1.165) is 18.2 Å². The van der Waals surface area contributed by atoms with Crippen LogP contribution in [0.1, 0.15) is 50.0 Å². The van der Waals surface area contributed by atoms with Gasteiger partial charge in [0.2, 0.25) is 5.88 Å². The highest BCUT2D eigenvalue weighted by Gasteiger charge is 2.23. The van der Waals surface area contributed by atoms with Crippen LogP contribution in [0.2, 0.25) is 0 Å². The summed E-state index contributed by atoms with van der Waals surface area (Å²) >= 11 is 0. The predicted octanol–water partition coefficient (Wildman–Crippen LogP) is 2.91. The molecule has 1 saturated heterocycles. The second kappa shape index (κ2) is 8.50. The van der Waals surface area contributed by atoms with Gasteiger partial charge >= 0.3 is 0 Å². The van der Waals surface area contributed by atoms with Crippen molar-refractivity contribution in [1.29, 1.82) is 0 Å². The third-order valence-electron chi connectivity index (χ3n) is 5.29. The molecule has 0 saturated carbocycles. The SMILES string of the molecule is CC(C)Oc1nc2nn(C3CCC(C)OC3)cc2cc1C(=O)Nc1cccn(C)c1=O. The Morgan fingerprint density at radius 1 is 1.35 bits per heavy atom. The quantitative estimate of drug-likeness (QED) is 0.675. The number of anilines is 1. The van der Waals surface area contributed by atoms with Crippen LogP contribution in [0.15, 0.2) is 35.4 Å². The molecule has 4 rings (SSSR count). The zero-order valence-electron chi connectivity index (χ0n) is 18.2. The number of fused-ring (bicyclic) bond motifs is 1. The lowest BCUT2D eigenvalue weighted by Gasteiger charge is -2.26. The number of nitrogens with one attached hydrogen (secondary N) is 1. The maximum Gasteiger partial charge on any atom is 0.274 e. The number of pyridine rings is 2. The van der Waals surface area contributed by atoms with E-state index in [4.69, 9.17) is 9.47 Å². The average Bonchev–Trinajstić information content (AvgIpc) is 3.13. The predicted molar refractivity (Wildman–Crippen MR) is 117 cm³/mol. The van der Waals surface area contributed by atoms with E-state index in [1.54, 1.807) is 31.4 Å². The molecule has 4 heterocycles. The molecule has 0 aliphatic carbocycles. The molecule has 9 heteroatoms. The van der Waals surface area contributed by atoms with Crippen LogP contribution in [0.4, 0.5) is 5.69 Å². The van der Waals surface area contributed by atoms with E-state index in [1.165, 1.54) is 4.57 Å². The second-order valence-corrected chi connectivity index (χ2v) is 8.20. The van der Waals surface area contributed by atoms with Gasteiger partial charge in [-0.3, -0.25) is 14.3 Å². The van der Waals surface area contributed by atoms with E-state index in [-0.39, 0.29) is 40.9 Å². The van der Waals surface area contributed by atoms with E-state index in [9.17, 15) is 9.59 Å². The van der Waals surface area contributed by atoms with Crippen molar-refractivity contribution in [2.45, 2.75) is 51.9 Å². The maximum atomic E-state index is 13.0. The minimum Gasteiger partial charge on any atom is -0.474 e. The summed E-state index contributed by atoms with van der Waals surface area (Å²) in [4.78, 5) is 29.8. The molecule has 1 N–H and O–H groups in total. The van der Waals surface area contributed by atoms with Gasteiger partial charge in [-0.15, -0.1) is 0 Å². The summed E-state index contributed by atoms with van der Waals surface area (Å²) in [5.41, 5.74) is 0.645. The number of carbonyl (C=O) groups excluding carboxylic acids is 1. The number of aromatic nitrogens is 4. The van der Waals surface area contributed by atoms with Crippen LogP contribution in [0, 0.1) is 0 Å². The molecule has 31 heavy (non-hydrogen) atoms. The molecule has 0 bridgehead atoms. The second-order valence-electron chi connectivity index (χ2n) is 8.20. The van der Waals surface area contributed by atoms with Gasteiger partial charge < -0.3 is 19.4 Å². The Morgan fingerprint density at radius 3 is 2.87 bits per heavy atom. The van der Waals surface area contributed by atoms with E-state index in [2.05, 4.69) is 22.3 Å². The first-order chi connectivity index (χ1) is 14.8. The number of ether oxygens (including phenoxy) is 2. The Balaban J connectivity index is 1.69. The van der Waals surface area contributed by atoms with Crippen molar-refractivity contribution in [3.8, 4) is 5.88 Å². The number of aryl methyl sites for hydroxylation is 1. The van der Waals surface area contributed by atoms with Crippen molar-refractivity contribution in [1.82, 2.24) is 19.3 Å². The van der Waals surface area contributed by atoms with Gasteiger partial charge in [-0.2, -0.15) is 10.1 Å². The molecule has 1 aliphatic rings. The Morgan fingerprint density at radius 2 is 2.16 bits per heavy atom. The molecule has 0 radical (unpaired) electrons. The van der Waals surface area contributed by atoms with Crippen LogP contribution >= 0.6 is 0 Å². The molecule has 0 aromatic carbocycles. The summed E-state index contributed by atoms with van der Waals surface area (Å²) in [5.74, 6) is -0.276. The highest BCUT2D eigenvalue weighted by molar-refractivity contribution is 6.07. The van der Waals surface area contributed by atoms with Gasteiger partial charge in [-0.25, -0.2) is 0 Å². The maximum absolute atomic E-state index is 13.0. The van der Waals surface area contributed by atoms with Crippen molar-refractivity contribution in [3.05, 3.63) is 46.5 Å². The number of carbonyl (C=O) groups is 1. The van der Waals surface area contributed by atoms with Crippen LogP contribution in [-0.4, -0.2) is 44.1 Å². The largest absolute Gasteiger partial charge is 0.474 e. The average molecular weight is 425 g/mol. The van der Waals surface area contributed by atoms with Crippen LogP contribution in [-0.2, 0) is 11.8 Å². The molecule has 164 valence electrons. The fourth-order valence-corrected chi connectivity index (χ4v) is 3.58. The Kier molecular flexibility index (Phi) is 5.77. The topological polar surface area (TPSA) is 100 Å². The molecule has 1 aliphatic heterocycles. The van der Waals surface area contributed by atoms with E-state index < -0.39 is 5.91 Å². The van der Waals surface area contributed by atoms with Crippen molar-refractivity contribution in [3.63, 3.8) is 0 Å². The van der Waals surface area contributed by atoms with E-state index in [1.807, 2.05) is 24.7 Å². The Labute approximate surface area is 180 Å². The lowest BCUT2D eigenvalue weighted by atomic mass is 10.1. The molecular formula is C22H27N5O4. The molecule has 1 amide bonds. The zero-order chi connectivity index (χ0) is 22.1. The minimum atomic E-state index is -0.462. The smallest absolute Gasteiger partial charge is 0.274 e. The van der Waals surface area contributed by atoms with Gasteiger partial charge in [0.05, 0.1) is 24.9 Å². The summed E-state index contributed by atoms with van der Waals surface area (Å²) < 4.78 is 14.8. The standard InChI is InChI=1S/C22H27N5O4/c1-13(2)31-21-17(20(28)23-18-6-5-9-26(4)22(18)29)10-15-11-27(25-19(15)24-21)16-8-7-14(3)30-12-16/h5-6,9-11,13-14,16H,7-8,12H2,1-4H3,(H,23,28). The molecule has 2 atom stereocenters. The highest BCUT2D eigenvalue weighted by atomic mass is 16.5. The Bertz CT molecular complexity index is 1160. The first-order valence-electron chi connectivity index (χ1n) is 10.5. The van der Waals surface area contributed by atoms with Gasteiger partial charge in [0, 0.05) is 24.8 Å². The first-order valence-corrected chi connectivity index (χ1v) is 10.5. The summed E-state index contributed by atoms with van der Waals surface area (Å²) in [6.45, 7) is 6.38. The fourth-order valence-electron chi connectivity index (χ4n) is 3.58. The molecule has 1 fully saturated rings. The number of nitrogens with zero attached hydrogens (tertiary/aromatic N) is 4. The fraction of sp³-hybridized carbons (Fsp3) is 0.455. The first kappa shape index (κ1) is 21.0. The number of hydrogen-bond donors (Lipinski definition) is 1. The van der Waals surface area contributed by atoms with E-state index in [0.29, 0.717) is 12.3 Å². The van der Waals surface area contributed by atoms with Crippen LogP contribution in [0.25, 0.3) is 11.0 Å². The van der Waals surface area contributed by atoms with Gasteiger partial charge in [0.15, 0.2) is 5.65 Å². The monoisotopic (exact) mass is 425 g/mol. The van der Waals surface area contributed by atoms with Crippen LogP contribution < -0.4 is 15.6 Å². The number of amides is 1.